The lowest BCUT2D eigenvalue weighted by atomic mass is 10.0. The Hall–Kier alpha value is -1.82. The van der Waals surface area contributed by atoms with Gasteiger partial charge in [0.15, 0.2) is 0 Å². The zero-order valence-corrected chi connectivity index (χ0v) is 13.0. The molecule has 22 heavy (non-hydrogen) atoms. The quantitative estimate of drug-likeness (QED) is 0.874. The Kier molecular flexibility index (Phi) is 5.60. The number of amides is 2. The number of aliphatic hydroxyl groups excluding tert-OH is 1. The lowest BCUT2D eigenvalue weighted by Crippen LogP contribution is -2.49. The molecule has 1 aliphatic heterocycles. The van der Waals surface area contributed by atoms with Gasteiger partial charge in [0, 0.05) is 6.54 Å². The van der Waals surface area contributed by atoms with Gasteiger partial charge in [-0.25, -0.2) is 9.18 Å². The molecule has 0 bridgehead atoms. The summed E-state index contributed by atoms with van der Waals surface area (Å²) < 4.78 is 18.3. The van der Waals surface area contributed by atoms with E-state index in [0.717, 1.165) is 6.42 Å². The number of benzene rings is 1. The molecular formula is C16H23FN2O3. The highest BCUT2D eigenvalue weighted by Gasteiger charge is 2.34. The van der Waals surface area contributed by atoms with E-state index in [1.807, 2.05) is 13.8 Å². The van der Waals surface area contributed by atoms with Gasteiger partial charge in [0.25, 0.3) is 0 Å². The van der Waals surface area contributed by atoms with Gasteiger partial charge >= 0.3 is 6.03 Å². The number of likely N-dealkylation sites (tertiary alicyclic amines) is 1. The number of urea groups is 1. The van der Waals surface area contributed by atoms with E-state index in [-0.39, 0.29) is 30.5 Å². The minimum absolute atomic E-state index is 0.0188. The molecule has 3 atom stereocenters. The summed E-state index contributed by atoms with van der Waals surface area (Å²) in [7, 11) is 0. The second kappa shape index (κ2) is 7.45. The maximum absolute atomic E-state index is 12.8. The topological polar surface area (TPSA) is 61.8 Å². The minimum atomic E-state index is -0.313. The monoisotopic (exact) mass is 310 g/mol. The van der Waals surface area contributed by atoms with E-state index >= 15 is 0 Å². The molecule has 0 unspecified atom stereocenters. The Morgan fingerprint density at radius 3 is 2.82 bits per heavy atom. The summed E-state index contributed by atoms with van der Waals surface area (Å²) in [5, 5.41) is 12.3. The third-order valence-corrected chi connectivity index (χ3v) is 4.01. The molecule has 2 amide bonds. The van der Waals surface area contributed by atoms with Crippen LogP contribution in [0.1, 0.15) is 20.3 Å². The second-order valence-corrected chi connectivity index (χ2v) is 5.82. The van der Waals surface area contributed by atoms with Gasteiger partial charge in [-0.15, -0.1) is 0 Å². The largest absolute Gasteiger partial charge is 0.491 e. The van der Waals surface area contributed by atoms with Crippen molar-refractivity contribution in [1.29, 1.82) is 0 Å². The summed E-state index contributed by atoms with van der Waals surface area (Å²) in [5.41, 5.74) is 0. The number of carbonyl (C=O) groups excluding carboxylic acids is 1. The Morgan fingerprint density at radius 2 is 2.18 bits per heavy atom. The number of nitrogens with one attached hydrogen (secondary N) is 1. The summed E-state index contributed by atoms with van der Waals surface area (Å²) >= 11 is 0. The number of hydrogen-bond donors (Lipinski definition) is 2. The van der Waals surface area contributed by atoms with Crippen molar-refractivity contribution in [3.63, 3.8) is 0 Å². The predicted molar refractivity (Wildman–Crippen MR) is 81.2 cm³/mol. The number of halogens is 1. The van der Waals surface area contributed by atoms with Gasteiger partial charge < -0.3 is 20.1 Å². The molecule has 2 rings (SSSR count). The number of hydrogen-bond acceptors (Lipinski definition) is 3. The van der Waals surface area contributed by atoms with Crippen LogP contribution in [0.5, 0.6) is 5.75 Å². The van der Waals surface area contributed by atoms with Crippen molar-refractivity contribution in [1.82, 2.24) is 10.2 Å². The van der Waals surface area contributed by atoms with Crippen LogP contribution < -0.4 is 10.1 Å². The summed E-state index contributed by atoms with van der Waals surface area (Å²) in [4.78, 5) is 13.9. The van der Waals surface area contributed by atoms with Crippen molar-refractivity contribution >= 4 is 6.03 Å². The highest BCUT2D eigenvalue weighted by atomic mass is 19.1. The number of carbonyl (C=O) groups is 1. The fourth-order valence-corrected chi connectivity index (χ4v) is 2.63. The third kappa shape index (κ3) is 4.10. The van der Waals surface area contributed by atoms with Gasteiger partial charge in [-0.05, 0) is 43.5 Å². The average molecular weight is 310 g/mol. The van der Waals surface area contributed by atoms with Crippen LogP contribution in [0.3, 0.4) is 0 Å². The smallest absolute Gasteiger partial charge is 0.318 e. The van der Waals surface area contributed by atoms with E-state index in [1.165, 1.54) is 12.1 Å². The molecule has 1 fully saturated rings. The molecule has 5 nitrogen and oxygen atoms in total. The van der Waals surface area contributed by atoms with Crippen LogP contribution in [-0.2, 0) is 0 Å². The first-order valence-electron chi connectivity index (χ1n) is 7.57. The van der Waals surface area contributed by atoms with Crippen LogP contribution in [0.25, 0.3) is 0 Å². The molecule has 122 valence electrons. The Bertz CT molecular complexity index is 495. The van der Waals surface area contributed by atoms with Crippen LogP contribution in [-0.4, -0.2) is 47.9 Å². The lowest BCUT2D eigenvalue weighted by Gasteiger charge is -2.27. The molecule has 0 spiro atoms. The first-order chi connectivity index (χ1) is 10.5. The van der Waals surface area contributed by atoms with Crippen LogP contribution in [0, 0.1) is 11.7 Å². The van der Waals surface area contributed by atoms with Crippen molar-refractivity contribution in [2.75, 3.05) is 19.8 Å². The zero-order valence-electron chi connectivity index (χ0n) is 13.0. The highest BCUT2D eigenvalue weighted by Crippen LogP contribution is 2.23. The number of aliphatic hydroxyl groups is 1. The average Bonchev–Trinajstić information content (AvgIpc) is 2.87. The van der Waals surface area contributed by atoms with E-state index in [4.69, 9.17) is 4.74 Å². The van der Waals surface area contributed by atoms with Crippen LogP contribution in [0.4, 0.5) is 9.18 Å². The van der Waals surface area contributed by atoms with E-state index in [0.29, 0.717) is 24.8 Å². The lowest BCUT2D eigenvalue weighted by molar-refractivity contribution is 0.139. The number of nitrogens with zero attached hydrogens (tertiary/aromatic N) is 1. The van der Waals surface area contributed by atoms with Gasteiger partial charge in [0.2, 0.25) is 0 Å². The van der Waals surface area contributed by atoms with Crippen molar-refractivity contribution in [3.8, 4) is 5.75 Å². The summed E-state index contributed by atoms with van der Waals surface area (Å²) in [5.74, 6) is 0.555. The van der Waals surface area contributed by atoms with E-state index < -0.39 is 0 Å². The maximum Gasteiger partial charge on any atom is 0.318 e. The summed E-state index contributed by atoms with van der Waals surface area (Å²) in [6.07, 6.45) is 0.902. The maximum atomic E-state index is 12.8. The molecule has 0 radical (unpaired) electrons. The van der Waals surface area contributed by atoms with Gasteiger partial charge in [-0.3, -0.25) is 0 Å². The van der Waals surface area contributed by atoms with Crippen LogP contribution in [0.2, 0.25) is 0 Å². The van der Waals surface area contributed by atoms with Gasteiger partial charge in [-0.2, -0.15) is 0 Å². The molecule has 0 aliphatic carbocycles. The van der Waals surface area contributed by atoms with E-state index in [9.17, 15) is 14.3 Å². The van der Waals surface area contributed by atoms with Crippen LogP contribution >= 0.6 is 0 Å². The number of rotatable bonds is 5. The zero-order chi connectivity index (χ0) is 16.1. The summed E-state index contributed by atoms with van der Waals surface area (Å²) in [6, 6.07) is 5.27. The first kappa shape index (κ1) is 16.5. The molecule has 2 N–H and O–H groups in total. The van der Waals surface area contributed by atoms with Crippen LogP contribution in [0.15, 0.2) is 24.3 Å². The molecule has 1 aromatic carbocycles. The minimum Gasteiger partial charge on any atom is -0.491 e. The molecule has 1 aromatic rings. The first-order valence-corrected chi connectivity index (χ1v) is 7.57. The van der Waals surface area contributed by atoms with Gasteiger partial charge in [-0.1, -0.05) is 6.92 Å². The molecular weight excluding hydrogens is 287 g/mol. The molecule has 1 aliphatic rings. The molecule has 1 saturated heterocycles. The summed E-state index contributed by atoms with van der Waals surface area (Å²) in [6.45, 7) is 4.81. The fraction of sp³-hybridized carbons (Fsp3) is 0.562. The van der Waals surface area contributed by atoms with E-state index in [2.05, 4.69) is 5.32 Å². The number of ether oxygens (including phenoxy) is 1. The van der Waals surface area contributed by atoms with Crippen molar-refractivity contribution in [3.05, 3.63) is 30.1 Å². The molecule has 6 heteroatoms. The van der Waals surface area contributed by atoms with Crippen molar-refractivity contribution < 1.29 is 19.0 Å². The molecule has 0 aromatic heterocycles. The van der Waals surface area contributed by atoms with Crippen molar-refractivity contribution in [2.24, 2.45) is 5.92 Å². The Balaban J connectivity index is 1.80. The standard InChI is InChI=1S/C16H23FN2O3/c1-11-7-8-19(15(11)9-20)16(21)18-12(2)10-22-14-5-3-13(17)4-6-14/h3-6,11-12,15,20H,7-10H2,1-2H3,(H,18,21)/t11-,12+,15-/m0/s1. The third-order valence-electron chi connectivity index (χ3n) is 4.01. The Labute approximate surface area is 130 Å². The molecule has 1 heterocycles. The predicted octanol–water partition coefficient (Wildman–Crippen LogP) is 2.01. The Morgan fingerprint density at radius 1 is 1.50 bits per heavy atom. The van der Waals surface area contributed by atoms with Gasteiger partial charge in [0.1, 0.15) is 18.2 Å². The normalized spacial score (nSPS) is 22.5. The molecule has 0 saturated carbocycles. The SMILES string of the molecule is C[C@H](COc1ccc(F)cc1)NC(=O)N1CC[C@H](C)[C@@H]1CO. The fourth-order valence-electron chi connectivity index (χ4n) is 2.63. The van der Waals surface area contributed by atoms with E-state index in [1.54, 1.807) is 17.0 Å². The van der Waals surface area contributed by atoms with Gasteiger partial charge in [0.05, 0.1) is 18.7 Å². The van der Waals surface area contributed by atoms with Crippen molar-refractivity contribution in [2.45, 2.75) is 32.4 Å². The highest BCUT2D eigenvalue weighted by molar-refractivity contribution is 5.75. The second-order valence-electron chi connectivity index (χ2n) is 5.82.